The molecule has 0 saturated heterocycles. The molecule has 0 saturated carbocycles. The van der Waals surface area contributed by atoms with Gasteiger partial charge < -0.3 is 9.30 Å². The number of benzene rings is 1. The van der Waals surface area contributed by atoms with E-state index in [1.807, 2.05) is 30.7 Å². The first kappa shape index (κ1) is 12.3. The van der Waals surface area contributed by atoms with E-state index in [-0.39, 0.29) is 5.78 Å². The summed E-state index contributed by atoms with van der Waals surface area (Å²) in [5.74, 6) is 2.12. The van der Waals surface area contributed by atoms with Gasteiger partial charge in [0.25, 0.3) is 0 Å². The predicted molar refractivity (Wildman–Crippen MR) is 66.5 cm³/mol. The van der Waals surface area contributed by atoms with Crippen LogP contribution in [0.2, 0.25) is 0 Å². The summed E-state index contributed by atoms with van der Waals surface area (Å²) in [5, 5.41) is 7.96. The van der Waals surface area contributed by atoms with Crippen LogP contribution in [0.5, 0.6) is 5.75 Å². The van der Waals surface area contributed by atoms with Crippen LogP contribution in [0.25, 0.3) is 0 Å². The molecule has 1 aromatic heterocycles. The molecule has 1 aromatic carbocycles. The molecule has 1 heterocycles. The van der Waals surface area contributed by atoms with Crippen LogP contribution in [0, 0.1) is 6.92 Å². The number of carbonyl (C=O) groups excluding carboxylic acids is 1. The van der Waals surface area contributed by atoms with Crippen molar-refractivity contribution in [3.05, 3.63) is 41.5 Å². The largest absolute Gasteiger partial charge is 0.485 e. The van der Waals surface area contributed by atoms with Crippen molar-refractivity contribution in [3.8, 4) is 5.75 Å². The van der Waals surface area contributed by atoms with Crippen molar-refractivity contribution in [3.63, 3.8) is 0 Å². The number of carbonyl (C=O) groups is 1. The first-order valence-electron chi connectivity index (χ1n) is 5.67. The SMILES string of the molecule is CC(=O)c1ccccc1OCc1nnc(C)n1C. The van der Waals surface area contributed by atoms with Gasteiger partial charge in [0.2, 0.25) is 0 Å². The molecule has 0 N–H and O–H groups in total. The number of nitrogens with zero attached hydrogens (tertiary/aromatic N) is 3. The number of ether oxygens (including phenoxy) is 1. The van der Waals surface area contributed by atoms with Gasteiger partial charge in [-0.05, 0) is 26.0 Å². The number of aryl methyl sites for hydroxylation is 1. The highest BCUT2D eigenvalue weighted by molar-refractivity contribution is 5.96. The summed E-state index contributed by atoms with van der Waals surface area (Å²) in [4.78, 5) is 11.4. The van der Waals surface area contributed by atoms with Crippen molar-refractivity contribution in [2.75, 3.05) is 0 Å². The minimum atomic E-state index is -0.0141. The highest BCUT2D eigenvalue weighted by Crippen LogP contribution is 2.19. The summed E-state index contributed by atoms with van der Waals surface area (Å²) in [5.41, 5.74) is 0.580. The number of aromatic nitrogens is 3. The smallest absolute Gasteiger partial charge is 0.170 e. The molecule has 0 aliphatic carbocycles. The van der Waals surface area contributed by atoms with Crippen LogP contribution >= 0.6 is 0 Å². The maximum atomic E-state index is 11.4. The summed E-state index contributed by atoms with van der Waals surface area (Å²) in [6, 6.07) is 7.18. The van der Waals surface area contributed by atoms with E-state index in [1.54, 1.807) is 12.1 Å². The Labute approximate surface area is 105 Å². The second kappa shape index (κ2) is 5.00. The van der Waals surface area contributed by atoms with E-state index in [4.69, 9.17) is 4.74 Å². The van der Waals surface area contributed by atoms with Gasteiger partial charge in [0, 0.05) is 7.05 Å². The molecular formula is C13H15N3O2. The van der Waals surface area contributed by atoms with Crippen LogP contribution in [-0.2, 0) is 13.7 Å². The molecule has 0 aliphatic rings. The number of ketones is 1. The van der Waals surface area contributed by atoms with Crippen molar-refractivity contribution >= 4 is 5.78 Å². The fraction of sp³-hybridized carbons (Fsp3) is 0.308. The lowest BCUT2D eigenvalue weighted by Gasteiger charge is -2.09. The van der Waals surface area contributed by atoms with Gasteiger partial charge in [0.05, 0.1) is 5.56 Å². The van der Waals surface area contributed by atoms with Crippen molar-refractivity contribution in [1.82, 2.24) is 14.8 Å². The minimum absolute atomic E-state index is 0.0141. The Morgan fingerprint density at radius 1 is 1.33 bits per heavy atom. The van der Waals surface area contributed by atoms with E-state index < -0.39 is 0 Å². The van der Waals surface area contributed by atoms with Gasteiger partial charge in [-0.15, -0.1) is 10.2 Å². The molecule has 5 heteroatoms. The fourth-order valence-electron chi connectivity index (χ4n) is 1.60. The third-order valence-corrected chi connectivity index (χ3v) is 2.81. The molecule has 94 valence electrons. The summed E-state index contributed by atoms with van der Waals surface area (Å²) >= 11 is 0. The molecule has 0 unspecified atom stereocenters. The zero-order chi connectivity index (χ0) is 13.1. The van der Waals surface area contributed by atoms with Gasteiger partial charge in [-0.2, -0.15) is 0 Å². The lowest BCUT2D eigenvalue weighted by atomic mass is 10.1. The third kappa shape index (κ3) is 2.40. The van der Waals surface area contributed by atoms with Crippen LogP contribution in [0.15, 0.2) is 24.3 Å². The zero-order valence-electron chi connectivity index (χ0n) is 10.7. The Balaban J connectivity index is 2.16. The Kier molecular flexibility index (Phi) is 3.41. The van der Waals surface area contributed by atoms with Gasteiger partial charge in [0.1, 0.15) is 18.2 Å². The number of para-hydroxylation sites is 1. The average molecular weight is 245 g/mol. The highest BCUT2D eigenvalue weighted by Gasteiger charge is 2.10. The monoisotopic (exact) mass is 245 g/mol. The maximum absolute atomic E-state index is 11.4. The highest BCUT2D eigenvalue weighted by atomic mass is 16.5. The van der Waals surface area contributed by atoms with E-state index in [9.17, 15) is 4.79 Å². The molecule has 0 bridgehead atoms. The maximum Gasteiger partial charge on any atom is 0.170 e. The van der Waals surface area contributed by atoms with Crippen molar-refractivity contribution in [1.29, 1.82) is 0 Å². The van der Waals surface area contributed by atoms with Gasteiger partial charge >= 0.3 is 0 Å². The predicted octanol–water partition coefficient (Wildman–Crippen LogP) is 1.91. The van der Waals surface area contributed by atoms with Crippen molar-refractivity contribution < 1.29 is 9.53 Å². The molecule has 18 heavy (non-hydrogen) atoms. The van der Waals surface area contributed by atoms with E-state index in [1.165, 1.54) is 6.92 Å². The Bertz CT molecular complexity index is 575. The number of hydrogen-bond donors (Lipinski definition) is 0. The quantitative estimate of drug-likeness (QED) is 0.772. The molecule has 2 rings (SSSR count). The van der Waals surface area contributed by atoms with Gasteiger partial charge in [0.15, 0.2) is 11.6 Å². The normalized spacial score (nSPS) is 10.4. The van der Waals surface area contributed by atoms with Crippen LogP contribution in [0.3, 0.4) is 0 Å². The summed E-state index contributed by atoms with van der Waals surface area (Å²) in [6.07, 6.45) is 0. The number of rotatable bonds is 4. The Morgan fingerprint density at radius 2 is 2.06 bits per heavy atom. The Hall–Kier alpha value is -2.17. The summed E-state index contributed by atoms with van der Waals surface area (Å²) in [7, 11) is 1.88. The molecule has 0 atom stereocenters. The average Bonchev–Trinajstić information content (AvgIpc) is 2.68. The van der Waals surface area contributed by atoms with Crippen molar-refractivity contribution in [2.24, 2.45) is 7.05 Å². The van der Waals surface area contributed by atoms with E-state index in [0.717, 1.165) is 11.6 Å². The van der Waals surface area contributed by atoms with Crippen LogP contribution in [-0.4, -0.2) is 20.5 Å². The van der Waals surface area contributed by atoms with Crippen LogP contribution in [0.1, 0.15) is 28.9 Å². The minimum Gasteiger partial charge on any atom is -0.485 e. The van der Waals surface area contributed by atoms with Gasteiger partial charge in [-0.3, -0.25) is 4.79 Å². The van der Waals surface area contributed by atoms with Crippen LogP contribution in [0.4, 0.5) is 0 Å². The molecule has 0 radical (unpaired) electrons. The molecule has 0 spiro atoms. The lowest BCUT2D eigenvalue weighted by Crippen LogP contribution is -2.06. The summed E-state index contributed by atoms with van der Waals surface area (Å²) < 4.78 is 7.49. The lowest BCUT2D eigenvalue weighted by molar-refractivity contribution is 0.101. The second-order valence-corrected chi connectivity index (χ2v) is 4.06. The third-order valence-electron chi connectivity index (χ3n) is 2.81. The molecule has 5 nitrogen and oxygen atoms in total. The zero-order valence-corrected chi connectivity index (χ0v) is 10.7. The first-order chi connectivity index (χ1) is 8.59. The van der Waals surface area contributed by atoms with Crippen molar-refractivity contribution in [2.45, 2.75) is 20.5 Å². The van der Waals surface area contributed by atoms with E-state index >= 15 is 0 Å². The van der Waals surface area contributed by atoms with E-state index in [2.05, 4.69) is 10.2 Å². The fourth-order valence-corrected chi connectivity index (χ4v) is 1.60. The van der Waals surface area contributed by atoms with Crippen LogP contribution < -0.4 is 4.74 Å². The standard InChI is InChI=1S/C13H15N3O2/c1-9(17)11-6-4-5-7-12(11)18-8-13-15-14-10(2)16(13)3/h4-7H,8H2,1-3H3. The Morgan fingerprint density at radius 3 is 2.67 bits per heavy atom. The molecule has 0 aliphatic heterocycles. The second-order valence-electron chi connectivity index (χ2n) is 4.06. The topological polar surface area (TPSA) is 57.0 Å². The van der Waals surface area contributed by atoms with Gasteiger partial charge in [-0.25, -0.2) is 0 Å². The number of Topliss-reactive ketones (excluding diaryl/α,β-unsaturated/α-hetero) is 1. The molecule has 2 aromatic rings. The van der Waals surface area contributed by atoms with E-state index in [0.29, 0.717) is 17.9 Å². The molecular weight excluding hydrogens is 230 g/mol. The number of hydrogen-bond acceptors (Lipinski definition) is 4. The first-order valence-corrected chi connectivity index (χ1v) is 5.67. The van der Waals surface area contributed by atoms with Gasteiger partial charge in [-0.1, -0.05) is 12.1 Å². The summed E-state index contributed by atoms with van der Waals surface area (Å²) in [6.45, 7) is 3.69. The molecule has 0 amide bonds. The molecule has 0 fully saturated rings.